The van der Waals surface area contributed by atoms with Crippen molar-refractivity contribution in [3.8, 4) is 11.5 Å². The fourth-order valence-corrected chi connectivity index (χ4v) is 6.07. The number of fused-ring (bicyclic) bond motifs is 2. The topological polar surface area (TPSA) is 94.9 Å². The van der Waals surface area contributed by atoms with Gasteiger partial charge in [0.15, 0.2) is 16.7 Å². The molecule has 0 spiro atoms. The van der Waals surface area contributed by atoms with Crippen LogP contribution in [0.1, 0.15) is 18.9 Å². The summed E-state index contributed by atoms with van der Waals surface area (Å²) in [6, 6.07) is 21.2. The number of aromatic nitrogens is 2. The molecule has 3 heterocycles. The van der Waals surface area contributed by atoms with Crippen LogP contribution in [-0.4, -0.2) is 53.8 Å². The molecule has 212 valence electrons. The second-order valence-corrected chi connectivity index (χ2v) is 11.1. The van der Waals surface area contributed by atoms with Crippen molar-refractivity contribution in [2.75, 3.05) is 43.3 Å². The molecule has 4 aromatic rings. The quantitative estimate of drug-likeness (QED) is 0.228. The SMILES string of the molecule is CC[C@@H](Sc1nc2ccc(N3CCOCC3)cc2c(=O)n1CCc1ccccc1)C(=O)Nc1ccc2c(c1)OCO2. The Kier molecular flexibility index (Phi) is 8.11. The zero-order valence-electron chi connectivity index (χ0n) is 22.9. The van der Waals surface area contributed by atoms with Gasteiger partial charge in [0.1, 0.15) is 0 Å². The summed E-state index contributed by atoms with van der Waals surface area (Å²) in [7, 11) is 0. The Morgan fingerprint density at radius 3 is 2.63 bits per heavy atom. The molecule has 1 atom stereocenters. The number of amides is 1. The van der Waals surface area contributed by atoms with Crippen LogP contribution in [0, 0.1) is 0 Å². The Morgan fingerprint density at radius 1 is 1.02 bits per heavy atom. The van der Waals surface area contributed by atoms with E-state index in [1.54, 1.807) is 22.8 Å². The molecule has 0 unspecified atom stereocenters. The third-order valence-corrected chi connectivity index (χ3v) is 8.65. The smallest absolute Gasteiger partial charge is 0.262 e. The first-order chi connectivity index (χ1) is 20.1. The maximum Gasteiger partial charge on any atom is 0.262 e. The van der Waals surface area contributed by atoms with Gasteiger partial charge in [-0.05, 0) is 48.7 Å². The third-order valence-electron chi connectivity index (χ3n) is 7.30. The molecule has 0 bridgehead atoms. The lowest BCUT2D eigenvalue weighted by Gasteiger charge is -2.29. The van der Waals surface area contributed by atoms with Gasteiger partial charge in [0, 0.05) is 37.1 Å². The fraction of sp³-hybridized carbons (Fsp3) is 0.323. The molecule has 3 aromatic carbocycles. The van der Waals surface area contributed by atoms with Gasteiger partial charge in [-0.15, -0.1) is 0 Å². The number of rotatable bonds is 9. The molecule has 1 N–H and O–H groups in total. The summed E-state index contributed by atoms with van der Waals surface area (Å²) in [6.45, 7) is 5.48. The summed E-state index contributed by atoms with van der Waals surface area (Å²) in [4.78, 5) is 34.5. The molecular weight excluding hydrogens is 540 g/mol. The van der Waals surface area contributed by atoms with Crippen molar-refractivity contribution in [3.05, 3.63) is 82.6 Å². The van der Waals surface area contributed by atoms with Crippen LogP contribution in [0.2, 0.25) is 0 Å². The summed E-state index contributed by atoms with van der Waals surface area (Å²) in [5.74, 6) is 1.10. The normalized spacial score (nSPS) is 15.2. The average molecular weight is 573 g/mol. The lowest BCUT2D eigenvalue weighted by molar-refractivity contribution is -0.115. The maximum absolute atomic E-state index is 14.0. The van der Waals surface area contributed by atoms with E-state index in [-0.39, 0.29) is 18.3 Å². The van der Waals surface area contributed by atoms with E-state index >= 15 is 0 Å². The first kappa shape index (κ1) is 27.2. The van der Waals surface area contributed by atoms with Gasteiger partial charge in [0.05, 0.1) is 29.4 Å². The second kappa shape index (κ2) is 12.2. The minimum atomic E-state index is -0.458. The highest BCUT2D eigenvalue weighted by Gasteiger charge is 2.24. The van der Waals surface area contributed by atoms with Gasteiger partial charge < -0.3 is 24.4 Å². The third kappa shape index (κ3) is 6.03. The van der Waals surface area contributed by atoms with Gasteiger partial charge in [-0.3, -0.25) is 14.2 Å². The zero-order chi connectivity index (χ0) is 28.2. The minimum absolute atomic E-state index is 0.102. The van der Waals surface area contributed by atoms with Crippen LogP contribution in [-0.2, 0) is 22.5 Å². The van der Waals surface area contributed by atoms with E-state index in [0.717, 1.165) is 24.3 Å². The highest BCUT2D eigenvalue weighted by Crippen LogP contribution is 2.35. The summed E-state index contributed by atoms with van der Waals surface area (Å²) in [5.41, 5.74) is 3.27. The summed E-state index contributed by atoms with van der Waals surface area (Å²) < 4.78 is 18.0. The van der Waals surface area contributed by atoms with Crippen LogP contribution in [0.3, 0.4) is 0 Å². The van der Waals surface area contributed by atoms with Crippen molar-refractivity contribution in [2.24, 2.45) is 0 Å². The molecule has 1 saturated heterocycles. The van der Waals surface area contributed by atoms with Crippen LogP contribution in [0.25, 0.3) is 10.9 Å². The number of nitrogens with one attached hydrogen (secondary N) is 1. The Labute approximate surface area is 242 Å². The van der Waals surface area contributed by atoms with Gasteiger partial charge in [-0.25, -0.2) is 4.98 Å². The number of nitrogens with zero attached hydrogens (tertiary/aromatic N) is 3. The molecule has 0 saturated carbocycles. The number of benzene rings is 3. The maximum atomic E-state index is 14.0. The largest absolute Gasteiger partial charge is 0.454 e. The molecule has 0 radical (unpaired) electrons. The van der Waals surface area contributed by atoms with Crippen LogP contribution >= 0.6 is 11.8 Å². The minimum Gasteiger partial charge on any atom is -0.454 e. The van der Waals surface area contributed by atoms with Crippen molar-refractivity contribution < 1.29 is 19.0 Å². The van der Waals surface area contributed by atoms with Crippen molar-refractivity contribution in [1.29, 1.82) is 0 Å². The predicted octanol–water partition coefficient (Wildman–Crippen LogP) is 4.71. The molecule has 6 rings (SSSR count). The molecule has 2 aliphatic rings. The van der Waals surface area contributed by atoms with E-state index in [0.29, 0.717) is 65.8 Å². The highest BCUT2D eigenvalue weighted by atomic mass is 32.2. The van der Waals surface area contributed by atoms with Gasteiger partial charge in [0.25, 0.3) is 5.56 Å². The number of hydrogen-bond acceptors (Lipinski definition) is 8. The number of carbonyl (C=O) groups excluding carboxylic acids is 1. The van der Waals surface area contributed by atoms with Gasteiger partial charge in [-0.2, -0.15) is 0 Å². The number of hydrogen-bond donors (Lipinski definition) is 1. The second-order valence-electron chi connectivity index (χ2n) is 9.96. The Balaban J connectivity index is 1.30. The van der Waals surface area contributed by atoms with E-state index in [2.05, 4.69) is 22.3 Å². The number of carbonyl (C=O) groups is 1. The molecule has 0 aliphatic carbocycles. The van der Waals surface area contributed by atoms with E-state index in [1.165, 1.54) is 11.8 Å². The van der Waals surface area contributed by atoms with E-state index in [1.807, 2.05) is 43.3 Å². The first-order valence-corrected chi connectivity index (χ1v) is 14.8. The summed E-state index contributed by atoms with van der Waals surface area (Å²) in [6.07, 6.45) is 1.23. The van der Waals surface area contributed by atoms with Crippen molar-refractivity contribution in [1.82, 2.24) is 9.55 Å². The Bertz CT molecular complexity index is 1600. The van der Waals surface area contributed by atoms with Gasteiger partial charge >= 0.3 is 0 Å². The number of anilines is 2. The summed E-state index contributed by atoms with van der Waals surface area (Å²) in [5, 5.41) is 3.64. The Hall–Kier alpha value is -4.02. The lowest BCUT2D eigenvalue weighted by Crippen LogP contribution is -2.36. The lowest BCUT2D eigenvalue weighted by atomic mass is 10.1. The standard InChI is InChI=1S/C31H32N4O5S/c1-2-28(29(36)32-22-8-11-26-27(18-22)40-20-39-26)41-31-33-25-10-9-23(34-14-16-38-17-15-34)19-24(25)30(37)35(31)13-12-21-6-4-3-5-7-21/h3-11,18-19,28H,2,12-17,20H2,1H3,(H,32,36)/t28-/m1/s1. The van der Waals surface area contributed by atoms with Crippen LogP contribution < -0.4 is 25.2 Å². The van der Waals surface area contributed by atoms with Crippen molar-refractivity contribution in [2.45, 2.75) is 36.7 Å². The zero-order valence-corrected chi connectivity index (χ0v) is 23.7. The molecule has 1 fully saturated rings. The van der Waals surface area contributed by atoms with Crippen LogP contribution in [0.4, 0.5) is 11.4 Å². The van der Waals surface area contributed by atoms with Crippen LogP contribution in [0.5, 0.6) is 11.5 Å². The fourth-order valence-electron chi connectivity index (χ4n) is 5.03. The average Bonchev–Trinajstić information content (AvgIpc) is 3.48. The van der Waals surface area contributed by atoms with Gasteiger partial charge in [0.2, 0.25) is 12.7 Å². The number of morpholine rings is 1. The molecule has 9 nitrogen and oxygen atoms in total. The van der Waals surface area contributed by atoms with Gasteiger partial charge in [-0.1, -0.05) is 49.0 Å². The molecule has 2 aliphatic heterocycles. The molecular formula is C31H32N4O5S. The first-order valence-electron chi connectivity index (χ1n) is 13.9. The number of ether oxygens (including phenoxy) is 3. The molecule has 10 heteroatoms. The molecule has 1 amide bonds. The number of thioether (sulfide) groups is 1. The highest BCUT2D eigenvalue weighted by molar-refractivity contribution is 8.00. The van der Waals surface area contributed by atoms with E-state index in [9.17, 15) is 9.59 Å². The molecule has 41 heavy (non-hydrogen) atoms. The Morgan fingerprint density at radius 2 is 1.83 bits per heavy atom. The van der Waals surface area contributed by atoms with E-state index < -0.39 is 5.25 Å². The van der Waals surface area contributed by atoms with Crippen LogP contribution in [0.15, 0.2) is 76.7 Å². The number of aryl methyl sites for hydroxylation is 1. The predicted molar refractivity (Wildman–Crippen MR) is 160 cm³/mol. The monoisotopic (exact) mass is 572 g/mol. The van der Waals surface area contributed by atoms with Crippen molar-refractivity contribution in [3.63, 3.8) is 0 Å². The summed E-state index contributed by atoms with van der Waals surface area (Å²) >= 11 is 1.32. The van der Waals surface area contributed by atoms with E-state index in [4.69, 9.17) is 19.2 Å². The molecule has 1 aromatic heterocycles. The van der Waals surface area contributed by atoms with Crippen molar-refractivity contribution >= 4 is 39.9 Å².